The van der Waals surface area contributed by atoms with Crippen LogP contribution in [0.1, 0.15) is 5.82 Å². The molecule has 6 heteroatoms. The van der Waals surface area contributed by atoms with Crippen molar-refractivity contribution in [1.29, 1.82) is 0 Å². The second-order valence-corrected chi connectivity index (χ2v) is 2.21. The maximum atomic E-state index is 4.05. The van der Waals surface area contributed by atoms with Gasteiger partial charge in [0.1, 0.15) is 5.82 Å². The summed E-state index contributed by atoms with van der Waals surface area (Å²) in [5.41, 5.74) is 0. The highest BCUT2D eigenvalue weighted by atomic mass is 15.2. The number of nitrogens with one attached hydrogen (secondary N) is 1. The Bertz CT molecular complexity index is 367. The summed E-state index contributed by atoms with van der Waals surface area (Å²) < 4.78 is 0. The summed E-state index contributed by atoms with van der Waals surface area (Å²) in [5, 5.41) is 14.0. The molecule has 0 aliphatic heterocycles. The van der Waals surface area contributed by atoms with Crippen LogP contribution in [0, 0.1) is 6.92 Å². The highest BCUT2D eigenvalue weighted by Crippen LogP contribution is 2.04. The minimum Gasteiger partial charge on any atom is -0.263 e. The van der Waals surface area contributed by atoms with E-state index in [1.807, 2.05) is 6.92 Å². The Morgan fingerprint density at radius 1 is 1.25 bits per heavy atom. The number of hydrogen-bond donors (Lipinski definition) is 1. The number of nitrogens with zero attached hydrogens (tertiary/aromatic N) is 5. The third kappa shape index (κ3) is 1.14. The summed E-state index contributed by atoms with van der Waals surface area (Å²) in [5.74, 6) is 1.64. The van der Waals surface area contributed by atoms with Gasteiger partial charge < -0.3 is 0 Å². The molecule has 0 aromatic carbocycles. The fourth-order valence-electron chi connectivity index (χ4n) is 0.793. The van der Waals surface area contributed by atoms with Crippen LogP contribution in [0.2, 0.25) is 0 Å². The minimum absolute atomic E-state index is 0.432. The Morgan fingerprint density at radius 3 is 2.75 bits per heavy atom. The molecule has 0 atom stereocenters. The SMILES string of the molecule is Cc1nc(-c2nccnn2)n[nH]1. The highest BCUT2D eigenvalue weighted by molar-refractivity contribution is 5.39. The average Bonchev–Trinajstić information content (AvgIpc) is 2.54. The van der Waals surface area contributed by atoms with Crippen molar-refractivity contribution in [3.05, 3.63) is 18.2 Å². The van der Waals surface area contributed by atoms with Crippen molar-refractivity contribution in [3.8, 4) is 11.6 Å². The van der Waals surface area contributed by atoms with E-state index in [0.717, 1.165) is 5.82 Å². The normalized spacial score (nSPS) is 10.1. The molecule has 2 heterocycles. The zero-order valence-electron chi connectivity index (χ0n) is 6.39. The average molecular weight is 162 g/mol. The van der Waals surface area contributed by atoms with E-state index >= 15 is 0 Å². The van der Waals surface area contributed by atoms with Crippen molar-refractivity contribution < 1.29 is 0 Å². The van der Waals surface area contributed by atoms with Crippen LogP contribution in [-0.2, 0) is 0 Å². The zero-order valence-corrected chi connectivity index (χ0v) is 6.39. The monoisotopic (exact) mass is 162 g/mol. The topological polar surface area (TPSA) is 80.2 Å². The van der Waals surface area contributed by atoms with E-state index in [0.29, 0.717) is 11.6 Å². The van der Waals surface area contributed by atoms with Gasteiger partial charge >= 0.3 is 0 Å². The number of rotatable bonds is 1. The predicted octanol–water partition coefficient (Wildman–Crippen LogP) is -0.0349. The van der Waals surface area contributed by atoms with Gasteiger partial charge in [0.05, 0.1) is 6.20 Å². The third-order valence-electron chi connectivity index (χ3n) is 1.28. The standard InChI is InChI=1S/C6H6N6/c1-4-9-6(12-10-4)5-7-2-3-8-11-5/h2-3H,1H3,(H,9,10,12). The fourth-order valence-corrected chi connectivity index (χ4v) is 0.793. The molecule has 1 N–H and O–H groups in total. The van der Waals surface area contributed by atoms with Crippen molar-refractivity contribution in [1.82, 2.24) is 30.4 Å². The largest absolute Gasteiger partial charge is 0.263 e. The maximum Gasteiger partial charge on any atom is 0.221 e. The quantitative estimate of drug-likeness (QED) is 0.636. The molecule has 6 nitrogen and oxygen atoms in total. The van der Waals surface area contributed by atoms with Gasteiger partial charge in [0.15, 0.2) is 0 Å². The fraction of sp³-hybridized carbons (Fsp3) is 0.167. The van der Waals surface area contributed by atoms with Gasteiger partial charge in [0, 0.05) is 6.20 Å². The highest BCUT2D eigenvalue weighted by Gasteiger charge is 2.05. The van der Waals surface area contributed by atoms with Crippen LogP contribution in [0.25, 0.3) is 11.6 Å². The summed E-state index contributed by atoms with van der Waals surface area (Å²) in [6.45, 7) is 1.81. The smallest absolute Gasteiger partial charge is 0.221 e. The van der Waals surface area contributed by atoms with Crippen LogP contribution in [0.3, 0.4) is 0 Å². The van der Waals surface area contributed by atoms with Crippen molar-refractivity contribution in [3.63, 3.8) is 0 Å². The Morgan fingerprint density at radius 2 is 2.17 bits per heavy atom. The molecular formula is C6H6N6. The maximum absolute atomic E-state index is 4.05. The first-order chi connectivity index (χ1) is 5.86. The lowest BCUT2D eigenvalue weighted by Gasteiger charge is -1.87. The van der Waals surface area contributed by atoms with E-state index in [1.54, 1.807) is 6.20 Å². The van der Waals surface area contributed by atoms with Crippen LogP contribution in [0.5, 0.6) is 0 Å². The summed E-state index contributed by atoms with van der Waals surface area (Å²) in [4.78, 5) is 7.99. The van der Waals surface area contributed by atoms with Crippen molar-refractivity contribution >= 4 is 0 Å². The molecule has 0 radical (unpaired) electrons. The number of aromatic nitrogens is 6. The summed E-state index contributed by atoms with van der Waals surface area (Å²) in [7, 11) is 0. The molecule has 60 valence electrons. The predicted molar refractivity (Wildman–Crippen MR) is 39.9 cm³/mol. The van der Waals surface area contributed by atoms with Gasteiger partial charge in [0.25, 0.3) is 0 Å². The molecule has 0 bridgehead atoms. The molecule has 0 saturated heterocycles. The second-order valence-electron chi connectivity index (χ2n) is 2.21. The molecule has 0 fully saturated rings. The lowest BCUT2D eigenvalue weighted by atomic mass is 10.6. The van der Waals surface area contributed by atoms with Gasteiger partial charge in [-0.05, 0) is 6.92 Å². The van der Waals surface area contributed by atoms with E-state index in [2.05, 4.69) is 30.4 Å². The summed E-state index contributed by atoms with van der Waals surface area (Å²) in [6, 6.07) is 0. The molecule has 0 spiro atoms. The molecule has 0 aliphatic rings. The van der Waals surface area contributed by atoms with Crippen LogP contribution >= 0.6 is 0 Å². The first-order valence-corrected chi connectivity index (χ1v) is 3.39. The van der Waals surface area contributed by atoms with Gasteiger partial charge in [0.2, 0.25) is 11.6 Å². The van der Waals surface area contributed by atoms with Crippen LogP contribution in [0.4, 0.5) is 0 Å². The molecule has 2 aromatic heterocycles. The van der Waals surface area contributed by atoms with Gasteiger partial charge in [-0.3, -0.25) is 5.10 Å². The van der Waals surface area contributed by atoms with Crippen LogP contribution < -0.4 is 0 Å². The molecule has 0 saturated carbocycles. The second kappa shape index (κ2) is 2.65. The summed E-state index contributed by atoms with van der Waals surface area (Å²) >= 11 is 0. The van der Waals surface area contributed by atoms with Crippen molar-refractivity contribution in [2.45, 2.75) is 6.92 Å². The van der Waals surface area contributed by atoms with E-state index in [9.17, 15) is 0 Å². The third-order valence-corrected chi connectivity index (χ3v) is 1.28. The number of hydrogen-bond acceptors (Lipinski definition) is 5. The summed E-state index contributed by atoms with van der Waals surface area (Å²) in [6.07, 6.45) is 3.05. The zero-order chi connectivity index (χ0) is 8.39. The molecule has 0 aliphatic carbocycles. The Balaban J connectivity index is 2.45. The molecule has 0 amide bonds. The Kier molecular flexibility index (Phi) is 1.51. The molecular weight excluding hydrogens is 156 g/mol. The van der Waals surface area contributed by atoms with E-state index < -0.39 is 0 Å². The molecule has 2 aromatic rings. The lowest BCUT2D eigenvalue weighted by Crippen LogP contribution is -1.91. The first kappa shape index (κ1) is 6.84. The van der Waals surface area contributed by atoms with Gasteiger partial charge in [-0.25, -0.2) is 9.97 Å². The number of H-pyrrole nitrogens is 1. The first-order valence-electron chi connectivity index (χ1n) is 3.39. The Hall–Kier alpha value is -1.85. The Labute approximate surface area is 68.1 Å². The van der Waals surface area contributed by atoms with Crippen molar-refractivity contribution in [2.75, 3.05) is 0 Å². The van der Waals surface area contributed by atoms with Gasteiger partial charge in [-0.1, -0.05) is 0 Å². The van der Waals surface area contributed by atoms with Crippen molar-refractivity contribution in [2.24, 2.45) is 0 Å². The van der Waals surface area contributed by atoms with Crippen LogP contribution in [0.15, 0.2) is 12.4 Å². The van der Waals surface area contributed by atoms with Crippen LogP contribution in [-0.4, -0.2) is 30.4 Å². The van der Waals surface area contributed by atoms with Gasteiger partial charge in [-0.15, -0.1) is 10.2 Å². The molecule has 2 rings (SSSR count). The molecule has 12 heavy (non-hydrogen) atoms. The number of aromatic amines is 1. The van der Waals surface area contributed by atoms with E-state index in [4.69, 9.17) is 0 Å². The minimum atomic E-state index is 0.432. The van der Waals surface area contributed by atoms with Gasteiger partial charge in [-0.2, -0.15) is 5.10 Å². The molecule has 0 unspecified atom stereocenters. The number of aryl methyl sites for hydroxylation is 1. The lowest BCUT2D eigenvalue weighted by molar-refractivity contribution is 0.955. The van der Waals surface area contributed by atoms with E-state index in [1.165, 1.54) is 6.20 Å². The van der Waals surface area contributed by atoms with E-state index in [-0.39, 0.29) is 0 Å².